The van der Waals surface area contributed by atoms with E-state index in [-0.39, 0.29) is 23.9 Å². The van der Waals surface area contributed by atoms with Crippen molar-refractivity contribution in [3.8, 4) is 11.1 Å². The number of H-pyrrole nitrogens is 1. The maximum absolute atomic E-state index is 13.2. The van der Waals surface area contributed by atoms with E-state index < -0.39 is 11.7 Å². The first-order chi connectivity index (χ1) is 18.3. The normalized spacial score (nSPS) is 18.2. The number of fused-ring (bicyclic) bond motifs is 1. The monoisotopic (exact) mass is 539 g/mol. The number of carbonyl (C=O) groups is 2. The number of likely N-dealkylation sites (tertiary alicyclic amines) is 2. The molecule has 196 valence electrons. The number of nitrogens with one attached hydrogen (secondary N) is 2. The van der Waals surface area contributed by atoms with Crippen LogP contribution in [0.4, 0.5) is 13.2 Å². The van der Waals surface area contributed by atoms with Crippen LogP contribution in [-0.4, -0.2) is 69.8 Å². The van der Waals surface area contributed by atoms with E-state index in [4.69, 9.17) is 0 Å². The lowest BCUT2D eigenvalue weighted by atomic mass is 10.0. The fourth-order valence-electron chi connectivity index (χ4n) is 5.17. The van der Waals surface area contributed by atoms with Gasteiger partial charge in [0.05, 0.1) is 5.56 Å². The summed E-state index contributed by atoms with van der Waals surface area (Å²) in [5.41, 5.74) is 1.62. The highest BCUT2D eigenvalue weighted by molar-refractivity contribution is 7.11. The van der Waals surface area contributed by atoms with Crippen molar-refractivity contribution in [1.82, 2.24) is 25.1 Å². The topological polar surface area (TPSA) is 81.3 Å². The molecule has 0 unspecified atom stereocenters. The number of hydrogen-bond donors (Lipinski definition) is 2. The summed E-state index contributed by atoms with van der Waals surface area (Å²) < 4.78 is 39.5. The summed E-state index contributed by atoms with van der Waals surface area (Å²) in [7, 11) is 0. The van der Waals surface area contributed by atoms with Crippen molar-refractivity contribution in [2.24, 2.45) is 0 Å². The Hall–Kier alpha value is -3.70. The lowest BCUT2D eigenvalue weighted by Crippen LogP contribution is -2.62. The first kappa shape index (κ1) is 24.6. The molecule has 2 fully saturated rings. The number of carbonyl (C=O) groups excluding carboxylic acids is 2. The van der Waals surface area contributed by atoms with Gasteiger partial charge in [-0.2, -0.15) is 13.2 Å². The Balaban J connectivity index is 1.07. The highest BCUT2D eigenvalue weighted by atomic mass is 32.1. The molecule has 11 heteroatoms. The van der Waals surface area contributed by atoms with Gasteiger partial charge < -0.3 is 20.1 Å². The maximum atomic E-state index is 13.2. The molecule has 0 bridgehead atoms. The Labute approximate surface area is 220 Å². The zero-order valence-electron chi connectivity index (χ0n) is 20.2. The molecule has 2 amide bonds. The zero-order valence-corrected chi connectivity index (χ0v) is 21.0. The molecular weight excluding hydrogens is 515 g/mol. The number of alkyl halides is 3. The Bertz CT molecular complexity index is 1490. The van der Waals surface area contributed by atoms with Crippen LogP contribution in [0, 0.1) is 0 Å². The lowest BCUT2D eigenvalue weighted by Gasteiger charge is -2.41. The van der Waals surface area contributed by atoms with E-state index in [1.807, 2.05) is 4.90 Å². The second kappa shape index (κ2) is 9.55. The summed E-state index contributed by atoms with van der Waals surface area (Å²) in [6.07, 6.45) is -0.254. The number of aromatic amines is 1. The fraction of sp³-hybridized carbons (Fsp3) is 0.296. The van der Waals surface area contributed by atoms with Crippen molar-refractivity contribution >= 4 is 34.1 Å². The average molecular weight is 540 g/mol. The van der Waals surface area contributed by atoms with E-state index in [0.29, 0.717) is 53.4 Å². The number of nitrogens with zero attached hydrogens (tertiary/aromatic N) is 3. The van der Waals surface area contributed by atoms with Gasteiger partial charge >= 0.3 is 6.18 Å². The van der Waals surface area contributed by atoms with Crippen molar-refractivity contribution in [1.29, 1.82) is 0 Å². The first-order valence-corrected chi connectivity index (χ1v) is 13.2. The Morgan fingerprint density at radius 2 is 1.84 bits per heavy atom. The standard InChI is InChI=1S/C27H24F3N5O2S/c28-27(29,30)18-3-1-2-16(10-18)22-12-32-23-11-17(4-5-21(22)23)25(36)35-14-20(15-35)33-19-6-8-34(13-19)26(37)24-31-7-9-38-24/h1-5,7,9-12,19-20,32-33H,6,8,13-15H2/t19-/m0/s1. The van der Waals surface area contributed by atoms with Crippen LogP contribution in [-0.2, 0) is 6.18 Å². The predicted molar refractivity (Wildman–Crippen MR) is 138 cm³/mol. The van der Waals surface area contributed by atoms with Crippen molar-refractivity contribution in [2.45, 2.75) is 24.7 Å². The SMILES string of the molecule is O=C(c1ccc2c(-c3cccc(C(F)(F)F)c3)c[nH]c2c1)N1CC(N[C@H]2CCN(C(=O)c3nccs3)C2)C1. The molecule has 0 saturated carbocycles. The summed E-state index contributed by atoms with van der Waals surface area (Å²) in [6, 6.07) is 10.8. The van der Waals surface area contributed by atoms with Gasteiger partial charge in [0.2, 0.25) is 0 Å². The second-order valence-corrected chi connectivity index (χ2v) is 10.6. The maximum Gasteiger partial charge on any atom is 0.416 e. The number of amides is 2. The highest BCUT2D eigenvalue weighted by Gasteiger charge is 2.36. The van der Waals surface area contributed by atoms with Gasteiger partial charge in [0.1, 0.15) is 0 Å². The predicted octanol–water partition coefficient (Wildman–Crippen LogP) is 4.64. The smallest absolute Gasteiger partial charge is 0.361 e. The molecule has 7 nitrogen and oxygen atoms in total. The van der Waals surface area contributed by atoms with Gasteiger partial charge in [-0.25, -0.2) is 4.98 Å². The molecule has 0 radical (unpaired) electrons. The summed E-state index contributed by atoms with van der Waals surface area (Å²) in [5, 5.41) is 6.61. The van der Waals surface area contributed by atoms with E-state index in [9.17, 15) is 22.8 Å². The third kappa shape index (κ3) is 4.67. The Morgan fingerprint density at radius 3 is 2.61 bits per heavy atom. The number of rotatable bonds is 5. The molecule has 2 aliphatic heterocycles. The molecule has 4 aromatic rings. The third-order valence-electron chi connectivity index (χ3n) is 7.16. The van der Waals surface area contributed by atoms with Crippen molar-refractivity contribution in [3.63, 3.8) is 0 Å². The van der Waals surface area contributed by atoms with E-state index in [0.717, 1.165) is 23.9 Å². The van der Waals surface area contributed by atoms with Crippen molar-refractivity contribution in [3.05, 3.63) is 76.4 Å². The Kier molecular flexibility index (Phi) is 6.19. The third-order valence-corrected chi connectivity index (χ3v) is 7.92. The minimum Gasteiger partial charge on any atom is -0.361 e. The van der Waals surface area contributed by atoms with Crippen LogP contribution in [0.5, 0.6) is 0 Å². The molecule has 2 N–H and O–H groups in total. The molecular formula is C27H24F3N5O2S. The van der Waals surface area contributed by atoms with Crippen LogP contribution in [0.15, 0.2) is 60.2 Å². The van der Waals surface area contributed by atoms with Crippen LogP contribution in [0.1, 0.15) is 32.1 Å². The largest absolute Gasteiger partial charge is 0.416 e. The van der Waals surface area contributed by atoms with E-state index in [1.165, 1.54) is 17.4 Å². The number of hydrogen-bond acceptors (Lipinski definition) is 5. The van der Waals surface area contributed by atoms with Crippen molar-refractivity contribution in [2.75, 3.05) is 26.2 Å². The minimum absolute atomic E-state index is 0.0364. The zero-order chi connectivity index (χ0) is 26.4. The molecule has 2 aromatic carbocycles. The molecule has 6 rings (SSSR count). The van der Waals surface area contributed by atoms with Gasteiger partial charge in [0.25, 0.3) is 11.8 Å². The summed E-state index contributed by atoms with van der Waals surface area (Å²) in [5.74, 6) is -0.127. The highest BCUT2D eigenvalue weighted by Crippen LogP contribution is 2.35. The number of halogens is 3. The van der Waals surface area contributed by atoms with Gasteiger partial charge in [-0.05, 0) is 36.2 Å². The van der Waals surface area contributed by atoms with E-state index >= 15 is 0 Å². The van der Waals surface area contributed by atoms with E-state index in [1.54, 1.807) is 46.9 Å². The molecule has 1 atom stereocenters. The van der Waals surface area contributed by atoms with Crippen LogP contribution >= 0.6 is 11.3 Å². The van der Waals surface area contributed by atoms with Gasteiger partial charge in [0, 0.05) is 78.1 Å². The average Bonchev–Trinajstić information content (AvgIpc) is 3.65. The molecule has 0 aliphatic carbocycles. The summed E-state index contributed by atoms with van der Waals surface area (Å²) >= 11 is 1.34. The number of aromatic nitrogens is 2. The van der Waals surface area contributed by atoms with Gasteiger partial charge in [0.15, 0.2) is 5.01 Å². The van der Waals surface area contributed by atoms with Crippen LogP contribution in [0.3, 0.4) is 0 Å². The van der Waals surface area contributed by atoms with E-state index in [2.05, 4.69) is 15.3 Å². The summed E-state index contributed by atoms with van der Waals surface area (Å²) in [6.45, 7) is 2.46. The second-order valence-electron chi connectivity index (χ2n) is 9.69. The first-order valence-electron chi connectivity index (χ1n) is 12.3. The molecule has 38 heavy (non-hydrogen) atoms. The fourth-order valence-corrected chi connectivity index (χ4v) is 5.77. The van der Waals surface area contributed by atoms with Crippen molar-refractivity contribution < 1.29 is 22.8 Å². The molecule has 4 heterocycles. The molecule has 2 saturated heterocycles. The number of benzene rings is 2. The van der Waals surface area contributed by atoms with Gasteiger partial charge in [-0.3, -0.25) is 9.59 Å². The van der Waals surface area contributed by atoms with Gasteiger partial charge in [-0.1, -0.05) is 18.2 Å². The van der Waals surface area contributed by atoms with Crippen LogP contribution < -0.4 is 5.32 Å². The summed E-state index contributed by atoms with van der Waals surface area (Å²) in [4.78, 5) is 36.3. The minimum atomic E-state index is -4.41. The lowest BCUT2D eigenvalue weighted by molar-refractivity contribution is -0.137. The quantitative estimate of drug-likeness (QED) is 0.387. The molecule has 2 aromatic heterocycles. The van der Waals surface area contributed by atoms with Gasteiger partial charge in [-0.15, -0.1) is 11.3 Å². The Morgan fingerprint density at radius 1 is 1.03 bits per heavy atom. The van der Waals surface area contributed by atoms with Crippen LogP contribution in [0.25, 0.3) is 22.0 Å². The molecule has 0 spiro atoms. The molecule has 2 aliphatic rings. The number of thiazole rings is 1. The van der Waals surface area contributed by atoms with Crippen LogP contribution in [0.2, 0.25) is 0 Å².